The summed E-state index contributed by atoms with van der Waals surface area (Å²) >= 11 is 0. The molecule has 4 rings (SSSR count). The van der Waals surface area contributed by atoms with E-state index >= 15 is 0 Å². The molecule has 42 heavy (non-hydrogen) atoms. The van der Waals surface area contributed by atoms with Crippen LogP contribution in [0.1, 0.15) is 66.2 Å². The molecule has 1 N–H and O–H groups in total. The summed E-state index contributed by atoms with van der Waals surface area (Å²) in [4.78, 5) is 48.9. The van der Waals surface area contributed by atoms with Crippen molar-refractivity contribution in [1.82, 2.24) is 9.80 Å². The SMILES string of the molecule is C=CCN(CCCCC)C(=O)C1N([C@@H](CO)C(C)C)C(=O)[C@@H]2[C@H](C(=O)N(CC=C)c3ccccc3)[C@]3(CC)CCC12O3. The smallest absolute Gasteiger partial charge is 0.248 e. The molecular formula is C34H49N3O5. The van der Waals surface area contributed by atoms with Gasteiger partial charge in [-0.3, -0.25) is 14.4 Å². The zero-order valence-electron chi connectivity index (χ0n) is 25.8. The number of benzene rings is 1. The van der Waals surface area contributed by atoms with Crippen molar-refractivity contribution in [3.8, 4) is 0 Å². The third-order valence-electron chi connectivity index (χ3n) is 9.77. The molecule has 6 atom stereocenters. The van der Waals surface area contributed by atoms with Crippen molar-refractivity contribution >= 4 is 23.4 Å². The molecule has 1 aromatic carbocycles. The third kappa shape index (κ3) is 5.21. The zero-order valence-corrected chi connectivity index (χ0v) is 25.8. The van der Waals surface area contributed by atoms with E-state index in [0.29, 0.717) is 32.4 Å². The second-order valence-corrected chi connectivity index (χ2v) is 12.4. The fraction of sp³-hybridized carbons (Fsp3) is 0.618. The van der Waals surface area contributed by atoms with Crippen LogP contribution < -0.4 is 4.90 Å². The molecule has 3 amide bonds. The Morgan fingerprint density at radius 1 is 1.10 bits per heavy atom. The van der Waals surface area contributed by atoms with Gasteiger partial charge in [-0.25, -0.2) is 0 Å². The first-order chi connectivity index (χ1) is 20.2. The summed E-state index contributed by atoms with van der Waals surface area (Å²) in [5.41, 5.74) is -1.27. The van der Waals surface area contributed by atoms with Crippen molar-refractivity contribution in [2.75, 3.05) is 31.1 Å². The maximum absolute atomic E-state index is 14.7. The van der Waals surface area contributed by atoms with Gasteiger partial charge in [0, 0.05) is 25.3 Å². The number of hydrogen-bond acceptors (Lipinski definition) is 5. The van der Waals surface area contributed by atoms with E-state index in [1.807, 2.05) is 51.1 Å². The summed E-state index contributed by atoms with van der Waals surface area (Å²) in [6.45, 7) is 16.7. The molecule has 3 saturated heterocycles. The molecule has 8 nitrogen and oxygen atoms in total. The number of amides is 3. The Hall–Kier alpha value is -2.97. The molecule has 1 aromatic rings. The predicted molar refractivity (Wildman–Crippen MR) is 165 cm³/mol. The molecule has 0 aromatic heterocycles. The van der Waals surface area contributed by atoms with Crippen molar-refractivity contribution in [1.29, 1.82) is 0 Å². The van der Waals surface area contributed by atoms with Gasteiger partial charge in [-0.1, -0.05) is 70.9 Å². The van der Waals surface area contributed by atoms with Gasteiger partial charge in [-0.05, 0) is 43.7 Å². The number of anilines is 1. The Labute approximate surface area is 251 Å². The van der Waals surface area contributed by atoms with Crippen LogP contribution in [0.3, 0.4) is 0 Å². The highest BCUT2D eigenvalue weighted by Crippen LogP contribution is 2.65. The highest BCUT2D eigenvalue weighted by atomic mass is 16.5. The fourth-order valence-corrected chi connectivity index (χ4v) is 7.69. The van der Waals surface area contributed by atoms with Gasteiger partial charge in [0.1, 0.15) is 11.6 Å². The monoisotopic (exact) mass is 579 g/mol. The van der Waals surface area contributed by atoms with Gasteiger partial charge in [0.2, 0.25) is 17.7 Å². The number of carbonyl (C=O) groups excluding carboxylic acids is 3. The Morgan fingerprint density at radius 2 is 1.79 bits per heavy atom. The molecule has 1 spiro atoms. The lowest BCUT2D eigenvalue weighted by Gasteiger charge is -2.40. The van der Waals surface area contributed by atoms with Crippen LogP contribution in [0.2, 0.25) is 0 Å². The van der Waals surface area contributed by atoms with E-state index in [4.69, 9.17) is 4.74 Å². The summed E-state index contributed by atoms with van der Waals surface area (Å²) < 4.78 is 6.99. The van der Waals surface area contributed by atoms with Crippen molar-refractivity contribution in [2.45, 2.75) is 89.5 Å². The lowest BCUT2D eigenvalue weighted by atomic mass is 9.64. The lowest BCUT2D eigenvalue weighted by Crippen LogP contribution is -2.59. The van der Waals surface area contributed by atoms with Crippen LogP contribution >= 0.6 is 0 Å². The van der Waals surface area contributed by atoms with Gasteiger partial charge < -0.3 is 24.5 Å². The van der Waals surface area contributed by atoms with E-state index in [1.165, 1.54) is 0 Å². The normalized spacial score (nSPS) is 28.6. The average molecular weight is 580 g/mol. The maximum atomic E-state index is 14.7. The number of unbranched alkanes of at least 4 members (excludes halogenated alkanes) is 2. The van der Waals surface area contributed by atoms with Gasteiger partial charge in [0.15, 0.2) is 0 Å². The minimum Gasteiger partial charge on any atom is -0.394 e. The predicted octanol–water partition coefficient (Wildman–Crippen LogP) is 4.58. The Morgan fingerprint density at radius 3 is 2.36 bits per heavy atom. The van der Waals surface area contributed by atoms with Crippen LogP contribution in [0.4, 0.5) is 5.69 Å². The molecule has 2 unspecified atom stereocenters. The van der Waals surface area contributed by atoms with Gasteiger partial charge in [-0.15, -0.1) is 13.2 Å². The van der Waals surface area contributed by atoms with Crippen LogP contribution in [-0.4, -0.2) is 82.2 Å². The number of rotatable bonds is 15. The number of nitrogens with zero attached hydrogens (tertiary/aromatic N) is 3. The Bertz CT molecular complexity index is 1160. The average Bonchev–Trinajstić information content (AvgIpc) is 3.59. The Kier molecular flexibility index (Phi) is 9.99. The zero-order chi connectivity index (χ0) is 30.7. The first-order valence-corrected chi connectivity index (χ1v) is 15.7. The van der Waals surface area contributed by atoms with E-state index < -0.39 is 35.1 Å². The first-order valence-electron chi connectivity index (χ1n) is 15.7. The first kappa shape index (κ1) is 32.0. The summed E-state index contributed by atoms with van der Waals surface area (Å²) in [6, 6.07) is 7.91. The van der Waals surface area contributed by atoms with E-state index in [2.05, 4.69) is 20.1 Å². The number of hydrogen-bond donors (Lipinski definition) is 1. The number of likely N-dealkylation sites (tertiary alicyclic amines) is 1. The van der Waals surface area contributed by atoms with Gasteiger partial charge in [0.25, 0.3) is 0 Å². The fourth-order valence-electron chi connectivity index (χ4n) is 7.69. The highest BCUT2D eigenvalue weighted by molar-refractivity contribution is 6.03. The number of aliphatic hydroxyl groups excluding tert-OH is 1. The standard InChI is InChI=1S/C34H49N3O5/c1-7-11-15-22-35(20-8-2)32(41)29-34-19-18-33(10-4,42-34)27(28(34)31(40)37(29)26(23-38)24(5)6)30(39)36(21-9-3)25-16-13-12-14-17-25/h8-9,12-14,16-17,24,26-29,38H,2-3,7,10-11,15,18-23H2,1,4-6H3/t26-,27+,28-,29?,33-,34?/m0/s1. The second-order valence-electron chi connectivity index (χ2n) is 12.4. The summed E-state index contributed by atoms with van der Waals surface area (Å²) in [5, 5.41) is 10.5. The molecule has 3 aliphatic rings. The Balaban J connectivity index is 1.84. The van der Waals surface area contributed by atoms with Crippen LogP contribution in [0.5, 0.6) is 0 Å². The van der Waals surface area contributed by atoms with Crippen LogP contribution in [-0.2, 0) is 19.1 Å². The number of carbonyl (C=O) groups is 3. The molecule has 3 fully saturated rings. The minimum atomic E-state index is -1.15. The molecule has 8 heteroatoms. The molecule has 0 radical (unpaired) electrons. The molecular weight excluding hydrogens is 530 g/mol. The van der Waals surface area contributed by atoms with Crippen LogP contribution in [0.15, 0.2) is 55.6 Å². The largest absolute Gasteiger partial charge is 0.394 e. The molecule has 0 saturated carbocycles. The van der Waals surface area contributed by atoms with Gasteiger partial charge in [-0.2, -0.15) is 0 Å². The van der Waals surface area contributed by atoms with Crippen LogP contribution in [0, 0.1) is 17.8 Å². The summed E-state index contributed by atoms with van der Waals surface area (Å²) in [7, 11) is 0. The second kappa shape index (κ2) is 13.1. The van der Waals surface area contributed by atoms with E-state index in [0.717, 1.165) is 24.9 Å². The van der Waals surface area contributed by atoms with Gasteiger partial charge in [0.05, 0.1) is 30.1 Å². The van der Waals surface area contributed by atoms with Crippen LogP contribution in [0.25, 0.3) is 0 Å². The topological polar surface area (TPSA) is 90.4 Å². The summed E-state index contributed by atoms with van der Waals surface area (Å²) in [5.74, 6) is -2.33. The third-order valence-corrected chi connectivity index (χ3v) is 9.77. The molecule has 3 heterocycles. The lowest BCUT2D eigenvalue weighted by molar-refractivity contribution is -0.157. The number of ether oxygens (including phenoxy) is 1. The molecule has 0 aliphatic carbocycles. The van der Waals surface area contributed by atoms with E-state index in [9.17, 15) is 19.5 Å². The van der Waals surface area contributed by atoms with Crippen molar-refractivity contribution < 1.29 is 24.2 Å². The van der Waals surface area contributed by atoms with Crippen molar-refractivity contribution in [3.63, 3.8) is 0 Å². The number of fused-ring (bicyclic) bond motifs is 1. The number of para-hydroxylation sites is 1. The van der Waals surface area contributed by atoms with Crippen molar-refractivity contribution in [2.24, 2.45) is 17.8 Å². The maximum Gasteiger partial charge on any atom is 0.248 e. The molecule has 3 aliphatic heterocycles. The quantitative estimate of drug-likeness (QED) is 0.243. The van der Waals surface area contributed by atoms with E-state index in [1.54, 1.807) is 26.9 Å². The summed E-state index contributed by atoms with van der Waals surface area (Å²) in [6.07, 6.45) is 7.89. The molecule has 2 bridgehead atoms. The van der Waals surface area contributed by atoms with Gasteiger partial charge >= 0.3 is 0 Å². The number of aliphatic hydroxyl groups is 1. The van der Waals surface area contributed by atoms with E-state index in [-0.39, 0.29) is 36.8 Å². The van der Waals surface area contributed by atoms with Crippen molar-refractivity contribution in [3.05, 3.63) is 55.6 Å². The minimum absolute atomic E-state index is 0.106. The molecule has 230 valence electrons. The highest BCUT2D eigenvalue weighted by Gasteiger charge is 2.79.